The number of furan rings is 1. The Hall–Kier alpha value is -3.15. The summed E-state index contributed by atoms with van der Waals surface area (Å²) in [5, 5.41) is 7.97. The molecule has 116 valence electrons. The molecule has 1 amide bonds. The van der Waals surface area contributed by atoms with E-state index in [1.807, 2.05) is 30.3 Å². The number of rotatable bonds is 5. The molecule has 6 heteroatoms. The second-order valence-corrected chi connectivity index (χ2v) is 4.91. The highest BCUT2D eigenvalue weighted by Crippen LogP contribution is 2.17. The normalized spacial score (nSPS) is 11.0. The first-order chi connectivity index (χ1) is 11.2. The molecular formula is C17H15N3O3. The second kappa shape index (κ2) is 6.74. The summed E-state index contributed by atoms with van der Waals surface area (Å²) in [7, 11) is 1.67. The fourth-order valence-electron chi connectivity index (χ4n) is 1.96. The maximum absolute atomic E-state index is 12.0. The van der Waals surface area contributed by atoms with E-state index in [9.17, 15) is 4.79 Å². The molecule has 0 saturated heterocycles. The van der Waals surface area contributed by atoms with E-state index in [4.69, 9.17) is 8.83 Å². The van der Waals surface area contributed by atoms with E-state index in [0.717, 1.165) is 5.56 Å². The van der Waals surface area contributed by atoms with Crippen molar-refractivity contribution >= 4 is 12.0 Å². The van der Waals surface area contributed by atoms with Gasteiger partial charge in [0.05, 0.1) is 12.8 Å². The van der Waals surface area contributed by atoms with Gasteiger partial charge in [0.1, 0.15) is 5.76 Å². The highest BCUT2D eigenvalue weighted by atomic mass is 16.4. The van der Waals surface area contributed by atoms with Gasteiger partial charge in [-0.15, -0.1) is 10.2 Å². The summed E-state index contributed by atoms with van der Waals surface area (Å²) in [6.45, 7) is 0.237. The van der Waals surface area contributed by atoms with Crippen molar-refractivity contribution in [1.29, 1.82) is 0 Å². The fraction of sp³-hybridized carbons (Fsp3) is 0.118. The van der Waals surface area contributed by atoms with E-state index in [-0.39, 0.29) is 12.5 Å². The average Bonchev–Trinajstić information content (AvgIpc) is 3.25. The zero-order valence-electron chi connectivity index (χ0n) is 12.5. The van der Waals surface area contributed by atoms with Gasteiger partial charge in [0.15, 0.2) is 0 Å². The van der Waals surface area contributed by atoms with Crippen molar-refractivity contribution in [2.24, 2.45) is 0 Å². The second-order valence-electron chi connectivity index (χ2n) is 4.91. The lowest BCUT2D eigenvalue weighted by Crippen LogP contribution is -2.24. The molecule has 6 nitrogen and oxygen atoms in total. The molecule has 0 spiro atoms. The molecule has 0 atom stereocenters. The van der Waals surface area contributed by atoms with Crippen LogP contribution in [-0.4, -0.2) is 28.1 Å². The van der Waals surface area contributed by atoms with E-state index in [2.05, 4.69) is 10.2 Å². The lowest BCUT2D eigenvalue weighted by atomic mass is 10.2. The summed E-state index contributed by atoms with van der Waals surface area (Å²) in [5.74, 6) is 1.26. The minimum absolute atomic E-state index is 0.180. The first kappa shape index (κ1) is 14.8. The fourth-order valence-corrected chi connectivity index (χ4v) is 1.96. The Labute approximate surface area is 133 Å². The summed E-state index contributed by atoms with van der Waals surface area (Å²) in [4.78, 5) is 13.5. The number of amides is 1. The number of hydrogen-bond acceptors (Lipinski definition) is 5. The maximum atomic E-state index is 12.0. The first-order valence-corrected chi connectivity index (χ1v) is 7.07. The van der Waals surface area contributed by atoms with Gasteiger partial charge in [-0.2, -0.15) is 0 Å². The van der Waals surface area contributed by atoms with E-state index in [1.54, 1.807) is 31.5 Å². The van der Waals surface area contributed by atoms with Crippen LogP contribution in [0.1, 0.15) is 11.7 Å². The molecule has 3 aromatic rings. The molecule has 0 radical (unpaired) electrons. The SMILES string of the molecule is CN(Cc1nnc(-c2ccccc2)o1)C(=O)/C=C/c1ccco1. The molecule has 0 fully saturated rings. The zero-order valence-corrected chi connectivity index (χ0v) is 12.5. The Morgan fingerprint density at radius 3 is 2.74 bits per heavy atom. The first-order valence-electron chi connectivity index (χ1n) is 7.07. The molecule has 23 heavy (non-hydrogen) atoms. The molecule has 3 rings (SSSR count). The Bertz CT molecular complexity index is 792. The van der Waals surface area contributed by atoms with E-state index < -0.39 is 0 Å². The number of likely N-dealkylation sites (N-methyl/N-ethyl adjacent to an activating group) is 1. The van der Waals surface area contributed by atoms with Gasteiger partial charge in [0.25, 0.3) is 0 Å². The quantitative estimate of drug-likeness (QED) is 0.677. The lowest BCUT2D eigenvalue weighted by Gasteiger charge is -2.11. The van der Waals surface area contributed by atoms with Crippen molar-refractivity contribution < 1.29 is 13.6 Å². The van der Waals surface area contributed by atoms with Crippen LogP contribution in [0.3, 0.4) is 0 Å². The summed E-state index contributed by atoms with van der Waals surface area (Å²) in [6.07, 6.45) is 4.60. The zero-order chi connectivity index (χ0) is 16.1. The Morgan fingerprint density at radius 1 is 1.17 bits per heavy atom. The van der Waals surface area contributed by atoms with Crippen molar-refractivity contribution in [3.8, 4) is 11.5 Å². The van der Waals surface area contributed by atoms with Crippen molar-refractivity contribution in [3.63, 3.8) is 0 Å². The van der Waals surface area contributed by atoms with Crippen LogP contribution in [0.2, 0.25) is 0 Å². The van der Waals surface area contributed by atoms with E-state index in [1.165, 1.54) is 11.0 Å². The Kier molecular flexibility index (Phi) is 4.33. The van der Waals surface area contributed by atoms with Crippen LogP contribution in [0.4, 0.5) is 0 Å². The third kappa shape index (κ3) is 3.74. The van der Waals surface area contributed by atoms with Gasteiger partial charge in [0.2, 0.25) is 17.7 Å². The molecule has 0 aliphatic rings. The predicted octanol–water partition coefficient (Wildman–Crippen LogP) is 3.00. The van der Waals surface area contributed by atoms with Crippen molar-refractivity contribution in [3.05, 3.63) is 66.5 Å². The third-order valence-electron chi connectivity index (χ3n) is 3.17. The highest BCUT2D eigenvalue weighted by molar-refractivity contribution is 5.91. The van der Waals surface area contributed by atoms with Crippen LogP contribution in [-0.2, 0) is 11.3 Å². The number of aromatic nitrogens is 2. The average molecular weight is 309 g/mol. The van der Waals surface area contributed by atoms with E-state index in [0.29, 0.717) is 17.5 Å². The molecule has 2 heterocycles. The smallest absolute Gasteiger partial charge is 0.247 e. The molecule has 0 unspecified atom stereocenters. The molecule has 2 aromatic heterocycles. The van der Waals surface area contributed by atoms with Gasteiger partial charge < -0.3 is 13.7 Å². The predicted molar refractivity (Wildman–Crippen MR) is 84.0 cm³/mol. The third-order valence-corrected chi connectivity index (χ3v) is 3.17. The Morgan fingerprint density at radius 2 is 2.00 bits per heavy atom. The van der Waals surface area contributed by atoms with E-state index >= 15 is 0 Å². The Balaban J connectivity index is 1.63. The summed E-state index contributed by atoms with van der Waals surface area (Å²) >= 11 is 0. The lowest BCUT2D eigenvalue weighted by molar-refractivity contribution is -0.125. The van der Waals surface area contributed by atoms with Gasteiger partial charge in [-0.1, -0.05) is 18.2 Å². The van der Waals surface area contributed by atoms with Gasteiger partial charge >= 0.3 is 0 Å². The summed E-state index contributed by atoms with van der Waals surface area (Å²) in [5.41, 5.74) is 0.845. The molecular weight excluding hydrogens is 294 g/mol. The molecule has 0 saturated carbocycles. The van der Waals surface area contributed by atoms with Gasteiger partial charge in [-0.25, -0.2) is 0 Å². The van der Waals surface area contributed by atoms with Gasteiger partial charge in [0, 0.05) is 18.7 Å². The number of nitrogens with zero attached hydrogens (tertiary/aromatic N) is 3. The number of carbonyl (C=O) groups is 1. The van der Waals surface area contributed by atoms with Crippen molar-refractivity contribution in [2.75, 3.05) is 7.05 Å². The standard InChI is InChI=1S/C17H15N3O3/c1-20(16(21)10-9-14-8-5-11-22-14)12-15-18-19-17(23-15)13-6-3-2-4-7-13/h2-11H,12H2,1H3/b10-9+. The van der Waals surface area contributed by atoms with Gasteiger partial charge in [-0.3, -0.25) is 4.79 Å². The van der Waals surface area contributed by atoms with Crippen LogP contribution in [0, 0.1) is 0 Å². The monoisotopic (exact) mass is 309 g/mol. The molecule has 0 bridgehead atoms. The molecule has 0 aliphatic heterocycles. The molecule has 0 N–H and O–H groups in total. The summed E-state index contributed by atoms with van der Waals surface area (Å²) in [6, 6.07) is 13.0. The van der Waals surface area contributed by atoms with Crippen LogP contribution < -0.4 is 0 Å². The largest absolute Gasteiger partial charge is 0.465 e. The van der Waals surface area contributed by atoms with Crippen molar-refractivity contribution in [2.45, 2.75) is 6.54 Å². The minimum atomic E-state index is -0.180. The van der Waals surface area contributed by atoms with Crippen LogP contribution >= 0.6 is 0 Å². The molecule has 1 aromatic carbocycles. The number of benzene rings is 1. The highest BCUT2D eigenvalue weighted by Gasteiger charge is 2.12. The van der Waals surface area contributed by atoms with Crippen LogP contribution in [0.15, 0.2) is 63.6 Å². The topological polar surface area (TPSA) is 72.4 Å². The van der Waals surface area contributed by atoms with Crippen LogP contribution in [0.25, 0.3) is 17.5 Å². The van der Waals surface area contributed by atoms with Crippen LogP contribution in [0.5, 0.6) is 0 Å². The number of hydrogen-bond donors (Lipinski definition) is 0. The minimum Gasteiger partial charge on any atom is -0.465 e. The molecule has 0 aliphatic carbocycles. The maximum Gasteiger partial charge on any atom is 0.247 e. The van der Waals surface area contributed by atoms with Gasteiger partial charge in [-0.05, 0) is 30.3 Å². The summed E-state index contributed by atoms with van der Waals surface area (Å²) < 4.78 is 10.7. The van der Waals surface area contributed by atoms with Crippen molar-refractivity contribution in [1.82, 2.24) is 15.1 Å². The number of carbonyl (C=O) groups excluding carboxylic acids is 1.